The summed E-state index contributed by atoms with van der Waals surface area (Å²) < 4.78 is 50.4. The Kier molecular flexibility index (Phi) is 3.52. The van der Waals surface area contributed by atoms with E-state index in [1.807, 2.05) is 0 Å². The van der Waals surface area contributed by atoms with Gasteiger partial charge in [0.05, 0.1) is 6.26 Å². The maximum Gasteiger partial charge on any atom is 0.230 e. The fourth-order valence-electron chi connectivity index (χ4n) is 1.21. The molecule has 0 radical (unpaired) electrons. The van der Waals surface area contributed by atoms with E-state index in [-0.39, 0.29) is 5.92 Å². The Labute approximate surface area is 93.5 Å². The van der Waals surface area contributed by atoms with Gasteiger partial charge in [0.25, 0.3) is 0 Å². The van der Waals surface area contributed by atoms with Crippen LogP contribution in [-0.2, 0) is 10.0 Å². The Balaban J connectivity index is 3.23. The fraction of sp³-hybridized carbons (Fsp3) is 0.400. The van der Waals surface area contributed by atoms with E-state index in [4.69, 9.17) is 0 Å². The Hall–Kier alpha value is -1.17. The highest BCUT2D eigenvalue weighted by atomic mass is 32.2. The van der Waals surface area contributed by atoms with Crippen LogP contribution in [0.1, 0.15) is 25.3 Å². The molecule has 1 aromatic rings. The van der Waals surface area contributed by atoms with Crippen molar-refractivity contribution in [3.05, 3.63) is 29.3 Å². The average Bonchev–Trinajstić information content (AvgIpc) is 2.09. The second-order valence-corrected chi connectivity index (χ2v) is 5.64. The second kappa shape index (κ2) is 4.37. The van der Waals surface area contributed by atoms with Crippen LogP contribution in [0.5, 0.6) is 0 Å². The molecule has 0 saturated carbocycles. The number of hydrogen-bond donors (Lipinski definition) is 1. The summed E-state index contributed by atoms with van der Waals surface area (Å²) in [5, 5.41) is 0. The SMILES string of the molecule is CC(C)c1cc(F)c(NS(C)(=O)=O)c(F)c1. The van der Waals surface area contributed by atoms with Crippen LogP contribution < -0.4 is 4.72 Å². The van der Waals surface area contributed by atoms with Crippen LogP contribution in [0.2, 0.25) is 0 Å². The summed E-state index contributed by atoms with van der Waals surface area (Å²) >= 11 is 0. The minimum atomic E-state index is -3.69. The first kappa shape index (κ1) is 12.9. The van der Waals surface area contributed by atoms with Gasteiger partial charge in [-0.1, -0.05) is 13.8 Å². The number of sulfonamides is 1. The third kappa shape index (κ3) is 3.16. The normalized spacial score (nSPS) is 11.9. The van der Waals surface area contributed by atoms with Gasteiger partial charge >= 0.3 is 0 Å². The Morgan fingerprint density at radius 2 is 1.62 bits per heavy atom. The minimum Gasteiger partial charge on any atom is -0.278 e. The molecule has 16 heavy (non-hydrogen) atoms. The summed E-state index contributed by atoms with van der Waals surface area (Å²) in [5.74, 6) is -1.85. The third-order valence-corrected chi connectivity index (χ3v) is 2.59. The molecule has 0 aliphatic heterocycles. The van der Waals surface area contributed by atoms with Crippen LogP contribution >= 0.6 is 0 Å². The minimum absolute atomic E-state index is 0.0312. The molecule has 0 aliphatic rings. The summed E-state index contributed by atoms with van der Waals surface area (Å²) in [5.41, 5.74) is -0.152. The maximum atomic E-state index is 13.4. The van der Waals surface area contributed by atoms with Crippen molar-refractivity contribution >= 4 is 15.7 Å². The van der Waals surface area contributed by atoms with Gasteiger partial charge in [0, 0.05) is 0 Å². The summed E-state index contributed by atoms with van der Waals surface area (Å²) in [6.45, 7) is 3.58. The molecule has 0 bridgehead atoms. The zero-order valence-corrected chi connectivity index (χ0v) is 10.0. The van der Waals surface area contributed by atoms with Crippen molar-refractivity contribution in [2.45, 2.75) is 19.8 Å². The smallest absolute Gasteiger partial charge is 0.230 e. The highest BCUT2D eigenvalue weighted by Gasteiger charge is 2.15. The van der Waals surface area contributed by atoms with E-state index in [1.165, 1.54) is 0 Å². The van der Waals surface area contributed by atoms with Gasteiger partial charge in [-0.25, -0.2) is 17.2 Å². The van der Waals surface area contributed by atoms with Gasteiger partial charge in [-0.05, 0) is 23.6 Å². The van der Waals surface area contributed by atoms with E-state index in [2.05, 4.69) is 0 Å². The van der Waals surface area contributed by atoms with Crippen LogP contribution in [0.4, 0.5) is 14.5 Å². The van der Waals surface area contributed by atoms with E-state index in [9.17, 15) is 17.2 Å². The van der Waals surface area contributed by atoms with Crippen LogP contribution in [0, 0.1) is 11.6 Å². The second-order valence-electron chi connectivity index (χ2n) is 3.89. The highest BCUT2D eigenvalue weighted by molar-refractivity contribution is 7.92. The van der Waals surface area contributed by atoms with Crippen molar-refractivity contribution in [1.29, 1.82) is 0 Å². The summed E-state index contributed by atoms with van der Waals surface area (Å²) in [6.07, 6.45) is 0.836. The van der Waals surface area contributed by atoms with Crippen molar-refractivity contribution in [1.82, 2.24) is 0 Å². The van der Waals surface area contributed by atoms with Gasteiger partial charge in [-0.3, -0.25) is 4.72 Å². The van der Waals surface area contributed by atoms with Crippen molar-refractivity contribution in [2.75, 3.05) is 11.0 Å². The first-order valence-corrected chi connectivity index (χ1v) is 6.56. The van der Waals surface area contributed by atoms with Crippen molar-refractivity contribution in [2.24, 2.45) is 0 Å². The number of rotatable bonds is 3. The van der Waals surface area contributed by atoms with Crippen LogP contribution in [0.15, 0.2) is 12.1 Å². The standard InChI is InChI=1S/C10H13F2NO2S/c1-6(2)7-4-8(11)10(9(12)5-7)13-16(3,14)15/h4-6,13H,1-3H3. The molecule has 90 valence electrons. The van der Waals surface area contributed by atoms with Gasteiger partial charge in [0.2, 0.25) is 10.0 Å². The molecule has 0 spiro atoms. The van der Waals surface area contributed by atoms with E-state index in [1.54, 1.807) is 18.6 Å². The Bertz CT molecular complexity index is 475. The summed E-state index contributed by atoms with van der Waals surface area (Å²) in [4.78, 5) is 0. The lowest BCUT2D eigenvalue weighted by molar-refractivity contribution is 0.580. The molecule has 0 unspecified atom stereocenters. The monoisotopic (exact) mass is 249 g/mol. The molecule has 0 amide bonds. The first-order valence-electron chi connectivity index (χ1n) is 4.67. The molecular formula is C10H13F2NO2S. The van der Waals surface area contributed by atoms with Gasteiger partial charge in [0.15, 0.2) is 11.6 Å². The molecule has 0 heterocycles. The molecule has 6 heteroatoms. The molecule has 3 nitrogen and oxygen atoms in total. The fourth-order valence-corrected chi connectivity index (χ4v) is 1.77. The molecule has 0 atom stereocenters. The lowest BCUT2D eigenvalue weighted by Gasteiger charge is -2.10. The zero-order chi connectivity index (χ0) is 12.5. The molecule has 1 N–H and O–H groups in total. The van der Waals surface area contributed by atoms with Crippen LogP contribution in [0.25, 0.3) is 0 Å². The average molecular weight is 249 g/mol. The number of hydrogen-bond acceptors (Lipinski definition) is 2. The third-order valence-electron chi connectivity index (χ3n) is 2.02. The van der Waals surface area contributed by atoms with Gasteiger partial charge in [-0.15, -0.1) is 0 Å². The zero-order valence-electron chi connectivity index (χ0n) is 9.21. The predicted molar refractivity (Wildman–Crippen MR) is 58.9 cm³/mol. The quantitative estimate of drug-likeness (QED) is 0.894. The lowest BCUT2D eigenvalue weighted by atomic mass is 10.0. The van der Waals surface area contributed by atoms with E-state index in [0.29, 0.717) is 5.56 Å². The largest absolute Gasteiger partial charge is 0.278 e. The molecule has 0 fully saturated rings. The number of anilines is 1. The molecule has 1 aromatic carbocycles. The first-order chi connectivity index (χ1) is 7.20. The molecule has 0 aliphatic carbocycles. The molecule has 1 rings (SSSR count). The molecule has 0 aromatic heterocycles. The maximum absolute atomic E-state index is 13.4. The summed E-state index contributed by atoms with van der Waals surface area (Å²) in [7, 11) is -3.69. The molecular weight excluding hydrogens is 236 g/mol. The van der Waals surface area contributed by atoms with Gasteiger partial charge in [0.1, 0.15) is 5.69 Å². The molecule has 0 saturated heterocycles. The lowest BCUT2D eigenvalue weighted by Crippen LogP contribution is -2.13. The van der Waals surface area contributed by atoms with Crippen molar-refractivity contribution < 1.29 is 17.2 Å². The van der Waals surface area contributed by atoms with E-state index < -0.39 is 27.3 Å². The van der Waals surface area contributed by atoms with E-state index in [0.717, 1.165) is 18.4 Å². The van der Waals surface area contributed by atoms with Gasteiger partial charge < -0.3 is 0 Å². The summed E-state index contributed by atoms with van der Waals surface area (Å²) in [6, 6.07) is 2.25. The Morgan fingerprint density at radius 3 is 1.94 bits per heavy atom. The van der Waals surface area contributed by atoms with Crippen LogP contribution in [-0.4, -0.2) is 14.7 Å². The highest BCUT2D eigenvalue weighted by Crippen LogP contribution is 2.25. The number of nitrogens with one attached hydrogen (secondary N) is 1. The van der Waals surface area contributed by atoms with E-state index >= 15 is 0 Å². The van der Waals surface area contributed by atoms with Gasteiger partial charge in [-0.2, -0.15) is 0 Å². The Morgan fingerprint density at radius 1 is 1.19 bits per heavy atom. The van der Waals surface area contributed by atoms with Crippen molar-refractivity contribution in [3.63, 3.8) is 0 Å². The number of benzene rings is 1. The topological polar surface area (TPSA) is 46.2 Å². The predicted octanol–water partition coefficient (Wildman–Crippen LogP) is 2.46. The van der Waals surface area contributed by atoms with Crippen molar-refractivity contribution in [3.8, 4) is 0 Å². The van der Waals surface area contributed by atoms with Crippen LogP contribution in [0.3, 0.4) is 0 Å². The number of halogens is 2.